The zero-order valence-electron chi connectivity index (χ0n) is 29.5. The topological polar surface area (TPSA) is 3.88 Å². The van der Waals surface area contributed by atoms with E-state index in [1.165, 1.54) is 48.4 Å². The minimum atomic E-state index is 0.108. The zero-order valence-corrected chi connectivity index (χ0v) is 28.3. The van der Waals surface area contributed by atoms with Gasteiger partial charge < -0.3 is 0 Å². The van der Waals surface area contributed by atoms with E-state index in [0.717, 1.165) is 46.5 Å². The third-order valence-corrected chi connectivity index (χ3v) is 9.60. The summed E-state index contributed by atoms with van der Waals surface area (Å²) in [5.74, 6) is 0. The monoisotopic (exact) mass is 576 g/mol. The Kier molecular flexibility index (Phi) is 6.27. The van der Waals surface area contributed by atoms with Gasteiger partial charge in [-0.15, -0.1) is 0 Å². The summed E-state index contributed by atoms with van der Waals surface area (Å²) in [6.45, 7) is 23.0. The summed E-state index contributed by atoms with van der Waals surface area (Å²) in [6.07, 6.45) is 3.23. The molecule has 2 heteroatoms. The number of fused-ring (bicyclic) bond motifs is 5. The lowest BCUT2D eigenvalue weighted by Crippen LogP contribution is -2.32. The molecule has 5 aromatic rings. The van der Waals surface area contributed by atoms with Crippen molar-refractivity contribution in [2.45, 2.75) is 98.3 Å². The fraction of sp³-hybridized carbons (Fsp3) is 0.425. The van der Waals surface area contributed by atoms with Crippen LogP contribution < -0.4 is 4.57 Å². The second-order valence-electron chi connectivity index (χ2n) is 16.3. The van der Waals surface area contributed by atoms with Crippen LogP contribution in [-0.2, 0) is 26.3 Å². The zero-order chi connectivity index (χ0) is 32.1. The van der Waals surface area contributed by atoms with Gasteiger partial charge in [0.05, 0.1) is 12.3 Å². The van der Waals surface area contributed by atoms with Crippen LogP contribution in [0.5, 0.6) is 0 Å². The molecule has 0 bridgehead atoms. The highest BCUT2D eigenvalue weighted by atomic mass is 32.2. The van der Waals surface area contributed by atoms with Gasteiger partial charge in [-0.2, -0.15) is 0 Å². The highest BCUT2D eigenvalue weighted by molar-refractivity contribution is 8.00. The Bertz CT molecular complexity index is 2000. The Hall–Kier alpha value is -2.84. The third kappa shape index (κ3) is 5.37. The maximum atomic E-state index is 9.28. The van der Waals surface area contributed by atoms with Gasteiger partial charge in [-0.25, -0.2) is 4.57 Å². The second kappa shape index (κ2) is 9.84. The Morgan fingerprint density at radius 1 is 0.714 bits per heavy atom. The van der Waals surface area contributed by atoms with Crippen molar-refractivity contribution in [3.63, 3.8) is 0 Å². The van der Waals surface area contributed by atoms with E-state index < -0.39 is 0 Å². The number of hydrogen-bond donors (Lipinski definition) is 0. The minimum absolute atomic E-state index is 0.108. The quantitative estimate of drug-likeness (QED) is 0.150. The van der Waals surface area contributed by atoms with Crippen LogP contribution in [0.2, 0.25) is 0 Å². The molecule has 0 unspecified atom stereocenters. The Labute approximate surface area is 260 Å². The number of benzene rings is 4. The molecule has 4 aromatic carbocycles. The number of hydrogen-bond acceptors (Lipinski definition) is 1. The van der Waals surface area contributed by atoms with Crippen LogP contribution in [0.25, 0.3) is 43.6 Å². The molecule has 2 heterocycles. The van der Waals surface area contributed by atoms with Crippen molar-refractivity contribution < 1.29 is 7.31 Å². The number of aromatic nitrogens is 1. The van der Waals surface area contributed by atoms with Gasteiger partial charge in [0.2, 0.25) is 5.69 Å². The number of rotatable bonds is 3. The molecular formula is C40H48NS+. The predicted octanol–water partition coefficient (Wildman–Crippen LogP) is 11.2. The molecule has 6 rings (SSSR count). The SMILES string of the molecule is [2H]c1c([2H])[n+](C)c2c3c(cc4ccc(CC(C)(C)C)cc4c13)Sc1c-2c(C)c2cc(CC(C)(C)C)ccc2c1CC(C)(C)C. The number of pyridine rings is 1. The van der Waals surface area contributed by atoms with E-state index in [1.807, 2.05) is 23.4 Å². The molecule has 0 aliphatic carbocycles. The van der Waals surface area contributed by atoms with Crippen molar-refractivity contribution in [3.05, 3.63) is 76.9 Å². The van der Waals surface area contributed by atoms with Gasteiger partial charge in [-0.3, -0.25) is 0 Å². The smallest absolute Gasteiger partial charge is 0.200 e. The molecule has 0 saturated heterocycles. The van der Waals surface area contributed by atoms with Crippen LogP contribution in [0.4, 0.5) is 0 Å². The first-order valence-electron chi connectivity index (χ1n) is 16.5. The molecule has 1 aliphatic heterocycles. The van der Waals surface area contributed by atoms with E-state index in [4.69, 9.17) is 0 Å². The summed E-state index contributed by atoms with van der Waals surface area (Å²) < 4.78 is 20.5. The maximum absolute atomic E-state index is 9.28. The summed E-state index contributed by atoms with van der Waals surface area (Å²) >= 11 is 1.88. The average Bonchev–Trinajstić information content (AvgIpc) is 2.89. The predicted molar refractivity (Wildman–Crippen MR) is 184 cm³/mol. The molecule has 1 aromatic heterocycles. The van der Waals surface area contributed by atoms with Gasteiger partial charge in [0.25, 0.3) is 0 Å². The molecule has 0 radical (unpaired) electrons. The highest BCUT2D eigenvalue weighted by Crippen LogP contribution is 2.53. The molecule has 0 saturated carbocycles. The standard InChI is InChI=1S/C40H48NS/c1-24-30-18-26(22-39(5,6)7)13-15-28(30)32(23-40(8,9)10)37-34(24)36-35-29(16-17-41(36)11)31-19-25(21-38(2,3)4)12-14-27(31)20-33(35)42-37/h12-20H,21-23H2,1-11H3/q+1/i16D,17D. The van der Waals surface area contributed by atoms with Crippen molar-refractivity contribution in [3.8, 4) is 11.3 Å². The van der Waals surface area contributed by atoms with Crippen molar-refractivity contribution >= 4 is 44.1 Å². The molecule has 42 heavy (non-hydrogen) atoms. The first-order valence-corrected chi connectivity index (χ1v) is 16.3. The van der Waals surface area contributed by atoms with Crippen LogP contribution in [-0.4, -0.2) is 0 Å². The van der Waals surface area contributed by atoms with Crippen molar-refractivity contribution in [2.75, 3.05) is 0 Å². The molecule has 0 amide bonds. The lowest BCUT2D eigenvalue weighted by atomic mass is 9.81. The van der Waals surface area contributed by atoms with E-state index in [-0.39, 0.29) is 22.4 Å². The molecule has 0 fully saturated rings. The first-order chi connectivity index (χ1) is 20.3. The van der Waals surface area contributed by atoms with Gasteiger partial charge in [-0.1, -0.05) is 110 Å². The lowest BCUT2D eigenvalue weighted by Gasteiger charge is -2.28. The van der Waals surface area contributed by atoms with E-state index in [9.17, 15) is 2.74 Å². The molecule has 218 valence electrons. The molecule has 0 spiro atoms. The fourth-order valence-corrected chi connectivity index (χ4v) is 8.28. The van der Waals surface area contributed by atoms with Gasteiger partial charge >= 0.3 is 0 Å². The van der Waals surface area contributed by atoms with Crippen LogP contribution in [0.15, 0.2) is 64.5 Å². The van der Waals surface area contributed by atoms with Crippen LogP contribution in [0.1, 0.15) is 87.3 Å². The number of nitrogens with zero attached hydrogens (tertiary/aromatic N) is 1. The summed E-state index contributed by atoms with van der Waals surface area (Å²) in [5.41, 5.74) is 8.14. The average molecular weight is 577 g/mol. The highest BCUT2D eigenvalue weighted by Gasteiger charge is 2.33. The Balaban J connectivity index is 1.76. The molecule has 1 aliphatic rings. The Morgan fingerprint density at radius 2 is 1.31 bits per heavy atom. The van der Waals surface area contributed by atoms with Crippen molar-refractivity contribution in [1.29, 1.82) is 0 Å². The summed E-state index contributed by atoms with van der Waals surface area (Å²) in [6, 6.07) is 16.6. The largest absolute Gasteiger partial charge is 0.222 e. The third-order valence-electron chi connectivity index (χ3n) is 8.40. The Morgan fingerprint density at radius 3 is 1.93 bits per heavy atom. The van der Waals surface area contributed by atoms with Gasteiger partial charge in [0.1, 0.15) is 8.42 Å². The fourth-order valence-electron chi connectivity index (χ4n) is 6.92. The number of aryl methyl sites for hydroxylation is 1. The molecule has 0 atom stereocenters. The minimum Gasteiger partial charge on any atom is -0.200 e. The van der Waals surface area contributed by atoms with Gasteiger partial charge in [-0.05, 0) is 92.3 Å². The summed E-state index contributed by atoms with van der Waals surface area (Å²) in [5, 5.41) is 6.95. The normalized spacial score (nSPS) is 14.5. The van der Waals surface area contributed by atoms with E-state index in [0.29, 0.717) is 6.04 Å². The first kappa shape index (κ1) is 26.8. The second-order valence-corrected chi connectivity index (χ2v) is 17.4. The van der Waals surface area contributed by atoms with Crippen LogP contribution >= 0.6 is 11.8 Å². The van der Waals surface area contributed by atoms with E-state index in [2.05, 4.69) is 112 Å². The maximum Gasteiger partial charge on any atom is 0.222 e. The van der Waals surface area contributed by atoms with E-state index in [1.54, 1.807) is 0 Å². The molecule has 0 N–H and O–H groups in total. The van der Waals surface area contributed by atoms with E-state index >= 15 is 0 Å². The molecular weight excluding hydrogens is 527 g/mol. The summed E-state index contributed by atoms with van der Waals surface area (Å²) in [4.78, 5) is 2.51. The van der Waals surface area contributed by atoms with Crippen molar-refractivity contribution in [2.24, 2.45) is 23.3 Å². The van der Waals surface area contributed by atoms with Gasteiger partial charge in [0, 0.05) is 21.2 Å². The van der Waals surface area contributed by atoms with Crippen LogP contribution in [0.3, 0.4) is 0 Å². The van der Waals surface area contributed by atoms with Crippen LogP contribution in [0, 0.1) is 23.2 Å². The van der Waals surface area contributed by atoms with Gasteiger partial charge in [0.15, 0.2) is 6.17 Å². The van der Waals surface area contributed by atoms with Crippen molar-refractivity contribution in [1.82, 2.24) is 0 Å². The summed E-state index contributed by atoms with van der Waals surface area (Å²) in [7, 11) is 1.99. The lowest BCUT2D eigenvalue weighted by molar-refractivity contribution is -0.659. The molecule has 1 nitrogen and oxygen atoms in total.